The van der Waals surface area contributed by atoms with Crippen LogP contribution in [-0.2, 0) is 14.3 Å². The van der Waals surface area contributed by atoms with Gasteiger partial charge in [-0.1, -0.05) is 6.08 Å². The number of carbonyl (C=O) groups excluding carboxylic acids is 2. The number of benzene rings is 1. The highest BCUT2D eigenvalue weighted by Gasteiger charge is 2.35. The van der Waals surface area contributed by atoms with Crippen LogP contribution in [0.5, 0.6) is 0 Å². The fourth-order valence-electron chi connectivity index (χ4n) is 3.09. The summed E-state index contributed by atoms with van der Waals surface area (Å²) in [6.45, 7) is -0.280. The third-order valence-corrected chi connectivity index (χ3v) is 4.61. The Bertz CT molecular complexity index is 778. The number of esters is 1. The van der Waals surface area contributed by atoms with E-state index in [9.17, 15) is 19.7 Å². The lowest BCUT2D eigenvalue weighted by atomic mass is 10.0. The van der Waals surface area contributed by atoms with E-state index in [0.29, 0.717) is 5.56 Å². The molecule has 3 rings (SSSR count). The summed E-state index contributed by atoms with van der Waals surface area (Å²) >= 11 is 0. The fourth-order valence-corrected chi connectivity index (χ4v) is 3.09. The first-order valence-electron chi connectivity index (χ1n) is 9.15. The average molecular weight is 370 g/mol. The summed E-state index contributed by atoms with van der Waals surface area (Å²) < 4.78 is 5.08. The Morgan fingerprint density at radius 3 is 2.56 bits per heavy atom. The standard InChI is InChI=1S/C20H22N2O5/c23-19(21(17-11-12-17)16-4-2-1-3-5-16)14-27-20(24)13-8-15-6-9-18(10-7-15)22(25)26/h4,6-10,13,17H,1-3,5,11-12,14H2/b13-8+. The zero-order chi connectivity index (χ0) is 19.2. The van der Waals surface area contributed by atoms with Crippen LogP contribution in [0, 0.1) is 10.1 Å². The predicted octanol–water partition coefficient (Wildman–Crippen LogP) is 3.60. The fraction of sp³-hybridized carbons (Fsp3) is 0.400. The monoisotopic (exact) mass is 370 g/mol. The minimum absolute atomic E-state index is 0.0162. The molecule has 0 aromatic heterocycles. The second kappa shape index (κ2) is 8.62. The van der Waals surface area contributed by atoms with Gasteiger partial charge >= 0.3 is 5.97 Å². The third-order valence-electron chi connectivity index (χ3n) is 4.61. The highest BCUT2D eigenvalue weighted by molar-refractivity contribution is 5.89. The second-order valence-corrected chi connectivity index (χ2v) is 6.73. The highest BCUT2D eigenvalue weighted by atomic mass is 16.6. The maximum Gasteiger partial charge on any atom is 0.331 e. The quantitative estimate of drug-likeness (QED) is 0.317. The number of nitro groups is 1. The number of hydrogen-bond acceptors (Lipinski definition) is 5. The van der Waals surface area contributed by atoms with Crippen molar-refractivity contribution in [2.75, 3.05) is 6.61 Å². The van der Waals surface area contributed by atoms with Gasteiger partial charge in [0.25, 0.3) is 11.6 Å². The lowest BCUT2D eigenvalue weighted by Crippen LogP contribution is -2.36. The molecule has 1 saturated carbocycles. The van der Waals surface area contributed by atoms with Crippen LogP contribution in [0.2, 0.25) is 0 Å². The van der Waals surface area contributed by atoms with Gasteiger partial charge in [0.2, 0.25) is 0 Å². The van der Waals surface area contributed by atoms with Crippen LogP contribution in [-0.4, -0.2) is 34.3 Å². The predicted molar refractivity (Wildman–Crippen MR) is 99.5 cm³/mol. The zero-order valence-corrected chi connectivity index (χ0v) is 15.0. The molecule has 7 heteroatoms. The highest BCUT2D eigenvalue weighted by Crippen LogP contribution is 2.33. The van der Waals surface area contributed by atoms with Crippen LogP contribution >= 0.6 is 0 Å². The van der Waals surface area contributed by atoms with E-state index >= 15 is 0 Å². The first-order valence-corrected chi connectivity index (χ1v) is 9.15. The molecule has 1 amide bonds. The van der Waals surface area contributed by atoms with Gasteiger partial charge in [-0.2, -0.15) is 0 Å². The Morgan fingerprint density at radius 2 is 1.96 bits per heavy atom. The first kappa shape index (κ1) is 18.8. The van der Waals surface area contributed by atoms with E-state index in [1.165, 1.54) is 36.4 Å². The molecule has 0 radical (unpaired) electrons. The molecule has 0 bridgehead atoms. The molecule has 1 fully saturated rings. The summed E-state index contributed by atoms with van der Waals surface area (Å²) in [6, 6.07) is 6.05. The van der Waals surface area contributed by atoms with Crippen molar-refractivity contribution in [3.63, 3.8) is 0 Å². The summed E-state index contributed by atoms with van der Waals surface area (Å²) in [7, 11) is 0. The van der Waals surface area contributed by atoms with Crippen molar-refractivity contribution >= 4 is 23.6 Å². The van der Waals surface area contributed by atoms with Crippen molar-refractivity contribution in [1.82, 2.24) is 4.90 Å². The molecule has 1 aromatic carbocycles. The molecule has 0 N–H and O–H groups in total. The number of rotatable bonds is 7. The maximum atomic E-state index is 12.5. The van der Waals surface area contributed by atoms with Gasteiger partial charge < -0.3 is 9.64 Å². The van der Waals surface area contributed by atoms with Gasteiger partial charge in [-0.05, 0) is 62.3 Å². The number of amides is 1. The SMILES string of the molecule is O=C(/C=C/c1ccc([N+](=O)[O-])cc1)OCC(=O)N(C1=CCCCC1)C1CC1. The topological polar surface area (TPSA) is 89.7 Å². The van der Waals surface area contributed by atoms with Crippen LogP contribution in [0.15, 0.2) is 42.1 Å². The molecule has 0 heterocycles. The minimum Gasteiger partial charge on any atom is -0.452 e. The Balaban J connectivity index is 1.52. The van der Waals surface area contributed by atoms with Gasteiger partial charge in [0, 0.05) is 29.9 Å². The molecule has 0 spiro atoms. The molecule has 27 heavy (non-hydrogen) atoms. The molecule has 0 unspecified atom stereocenters. The molecule has 1 aromatic rings. The van der Waals surface area contributed by atoms with Crippen molar-refractivity contribution < 1.29 is 19.2 Å². The van der Waals surface area contributed by atoms with Crippen LogP contribution < -0.4 is 0 Å². The molecule has 2 aliphatic rings. The summed E-state index contributed by atoms with van der Waals surface area (Å²) in [6.07, 6.45) is 11.0. The van der Waals surface area contributed by atoms with Gasteiger partial charge in [-0.3, -0.25) is 14.9 Å². The number of ether oxygens (including phenoxy) is 1. The number of non-ortho nitro benzene ring substituents is 1. The zero-order valence-electron chi connectivity index (χ0n) is 15.0. The normalized spacial score (nSPS) is 16.7. The van der Waals surface area contributed by atoms with Crippen molar-refractivity contribution in [2.45, 2.75) is 44.6 Å². The van der Waals surface area contributed by atoms with Gasteiger partial charge in [0.1, 0.15) is 0 Å². The van der Waals surface area contributed by atoms with Gasteiger partial charge in [-0.25, -0.2) is 4.79 Å². The minimum atomic E-state index is -0.616. The van der Waals surface area contributed by atoms with Gasteiger partial charge in [0.15, 0.2) is 6.61 Å². The Morgan fingerprint density at radius 1 is 1.22 bits per heavy atom. The number of carbonyl (C=O) groups is 2. The van der Waals surface area contributed by atoms with E-state index in [-0.39, 0.29) is 24.2 Å². The summed E-state index contributed by atoms with van der Waals surface area (Å²) in [5.41, 5.74) is 1.68. The van der Waals surface area contributed by atoms with E-state index < -0.39 is 10.9 Å². The largest absolute Gasteiger partial charge is 0.452 e. The lowest BCUT2D eigenvalue weighted by Gasteiger charge is -2.27. The Labute approximate surface area is 157 Å². The molecule has 0 atom stereocenters. The first-order chi connectivity index (χ1) is 13.0. The molecular formula is C20H22N2O5. The van der Waals surface area contributed by atoms with Crippen molar-refractivity contribution in [1.29, 1.82) is 0 Å². The van der Waals surface area contributed by atoms with E-state index in [1.807, 2.05) is 4.90 Å². The molecule has 0 aliphatic heterocycles. The van der Waals surface area contributed by atoms with Crippen molar-refractivity contribution in [3.05, 3.63) is 57.8 Å². The molecule has 7 nitrogen and oxygen atoms in total. The van der Waals surface area contributed by atoms with Crippen LogP contribution in [0.3, 0.4) is 0 Å². The van der Waals surface area contributed by atoms with E-state index in [2.05, 4.69) is 6.08 Å². The third kappa shape index (κ3) is 5.26. The number of nitro benzene ring substituents is 1. The molecular weight excluding hydrogens is 348 g/mol. The van der Waals surface area contributed by atoms with Crippen LogP contribution in [0.1, 0.15) is 44.1 Å². The molecule has 142 valence electrons. The molecule has 2 aliphatic carbocycles. The van der Waals surface area contributed by atoms with Crippen LogP contribution in [0.25, 0.3) is 6.08 Å². The Kier molecular flexibility index (Phi) is 6.01. The Hall–Kier alpha value is -2.96. The smallest absolute Gasteiger partial charge is 0.331 e. The van der Waals surface area contributed by atoms with E-state index in [0.717, 1.165) is 44.2 Å². The summed E-state index contributed by atoms with van der Waals surface area (Å²) in [4.78, 5) is 36.4. The number of hydrogen-bond donors (Lipinski definition) is 0. The van der Waals surface area contributed by atoms with E-state index in [1.54, 1.807) is 0 Å². The number of allylic oxidation sites excluding steroid dienone is 2. The van der Waals surface area contributed by atoms with Crippen LogP contribution in [0.4, 0.5) is 5.69 Å². The lowest BCUT2D eigenvalue weighted by molar-refractivity contribution is -0.384. The van der Waals surface area contributed by atoms with Gasteiger partial charge in [0.05, 0.1) is 4.92 Å². The second-order valence-electron chi connectivity index (χ2n) is 6.73. The van der Waals surface area contributed by atoms with E-state index in [4.69, 9.17) is 4.74 Å². The van der Waals surface area contributed by atoms with Gasteiger partial charge in [-0.15, -0.1) is 0 Å². The van der Waals surface area contributed by atoms with Crippen molar-refractivity contribution in [3.8, 4) is 0 Å². The molecule has 0 saturated heterocycles. The van der Waals surface area contributed by atoms with Crippen molar-refractivity contribution in [2.24, 2.45) is 0 Å². The summed E-state index contributed by atoms with van der Waals surface area (Å²) in [5.74, 6) is -0.794. The average Bonchev–Trinajstić information content (AvgIpc) is 3.51. The summed E-state index contributed by atoms with van der Waals surface area (Å²) in [5, 5.41) is 10.6. The number of nitrogens with zero attached hydrogens (tertiary/aromatic N) is 2. The maximum absolute atomic E-state index is 12.5.